The number of nitrogens with zero attached hydrogens (tertiary/aromatic N) is 4. The Balaban J connectivity index is 1.45. The zero-order valence-corrected chi connectivity index (χ0v) is 18.0. The second kappa shape index (κ2) is 9.15. The molecule has 1 atom stereocenters. The van der Waals surface area contributed by atoms with Gasteiger partial charge in [-0.15, -0.1) is 0 Å². The Bertz CT molecular complexity index is 901. The molecule has 0 spiro atoms. The highest BCUT2D eigenvalue weighted by Crippen LogP contribution is 2.29. The largest absolute Gasteiger partial charge is 0.447 e. The van der Waals surface area contributed by atoms with Crippen LogP contribution in [0.2, 0.25) is 0 Å². The van der Waals surface area contributed by atoms with Gasteiger partial charge >= 0.3 is 6.09 Å². The number of rotatable bonds is 7. The van der Waals surface area contributed by atoms with Crippen LogP contribution in [0.1, 0.15) is 31.0 Å². The number of carbonyl (C=O) groups is 1. The minimum Gasteiger partial charge on any atom is -0.447 e. The number of anilines is 2. The summed E-state index contributed by atoms with van der Waals surface area (Å²) in [5.74, 6) is 0.689. The third-order valence-corrected chi connectivity index (χ3v) is 5.66. The Morgan fingerprint density at radius 1 is 1.23 bits per heavy atom. The quantitative estimate of drug-likeness (QED) is 0.702. The molecule has 2 aromatic rings. The minimum absolute atomic E-state index is 0.264. The molecular formula is C22H29FN6O2. The first-order valence-corrected chi connectivity index (χ1v) is 10.6. The molecule has 1 aromatic carbocycles. The molecule has 9 heteroatoms. The number of halogens is 1. The van der Waals surface area contributed by atoms with E-state index in [0.717, 1.165) is 38.3 Å². The molecule has 2 saturated heterocycles. The van der Waals surface area contributed by atoms with Crippen molar-refractivity contribution in [1.82, 2.24) is 20.2 Å². The predicted molar refractivity (Wildman–Crippen MR) is 117 cm³/mol. The first-order valence-electron chi connectivity index (χ1n) is 10.6. The zero-order chi connectivity index (χ0) is 21.8. The van der Waals surface area contributed by atoms with Gasteiger partial charge in [0.05, 0.1) is 11.6 Å². The topological polar surface area (TPSA) is 82.6 Å². The van der Waals surface area contributed by atoms with Gasteiger partial charge in [-0.3, -0.25) is 9.80 Å². The van der Waals surface area contributed by atoms with Crippen LogP contribution in [0, 0.1) is 0 Å². The van der Waals surface area contributed by atoms with E-state index in [1.807, 2.05) is 38.1 Å². The second-order valence-corrected chi connectivity index (χ2v) is 8.56. The highest BCUT2D eigenvalue weighted by Gasteiger charge is 2.41. The number of carbonyl (C=O) groups excluding carboxylic acids is 1. The van der Waals surface area contributed by atoms with E-state index < -0.39 is 24.3 Å². The number of hydrogen-bond donors (Lipinski definition) is 2. The van der Waals surface area contributed by atoms with Gasteiger partial charge in [0.1, 0.15) is 19.1 Å². The molecule has 0 unspecified atom stereocenters. The lowest BCUT2D eigenvalue weighted by Gasteiger charge is -2.27. The Morgan fingerprint density at radius 3 is 2.61 bits per heavy atom. The van der Waals surface area contributed by atoms with Gasteiger partial charge in [0.25, 0.3) is 0 Å². The monoisotopic (exact) mass is 428 g/mol. The van der Waals surface area contributed by atoms with E-state index in [1.165, 1.54) is 10.5 Å². The number of hydrogen-bond acceptors (Lipinski definition) is 7. The fraction of sp³-hybridized carbons (Fsp3) is 0.500. The van der Waals surface area contributed by atoms with Crippen molar-refractivity contribution in [3.05, 3.63) is 47.7 Å². The fourth-order valence-electron chi connectivity index (χ4n) is 3.91. The fourth-order valence-corrected chi connectivity index (χ4v) is 3.91. The van der Waals surface area contributed by atoms with E-state index in [-0.39, 0.29) is 12.6 Å². The van der Waals surface area contributed by atoms with Gasteiger partial charge in [0.2, 0.25) is 5.95 Å². The highest BCUT2D eigenvalue weighted by molar-refractivity contribution is 5.90. The van der Waals surface area contributed by atoms with E-state index in [9.17, 15) is 9.18 Å². The zero-order valence-electron chi connectivity index (χ0n) is 18.0. The molecular weight excluding hydrogens is 399 g/mol. The summed E-state index contributed by atoms with van der Waals surface area (Å²) < 4.78 is 19.0. The number of cyclic esters (lactones) is 1. The average molecular weight is 429 g/mol. The molecule has 0 aliphatic carbocycles. The van der Waals surface area contributed by atoms with Crippen molar-refractivity contribution in [2.24, 2.45) is 0 Å². The molecule has 1 amide bonds. The van der Waals surface area contributed by atoms with Crippen LogP contribution < -0.4 is 15.5 Å². The molecule has 2 fully saturated rings. The van der Waals surface area contributed by atoms with Gasteiger partial charge in [-0.05, 0) is 31.0 Å². The molecule has 4 rings (SSSR count). The third kappa shape index (κ3) is 4.94. The number of piperazine rings is 1. The molecule has 31 heavy (non-hydrogen) atoms. The number of aromatic nitrogens is 2. The molecule has 0 radical (unpaired) electrons. The van der Waals surface area contributed by atoms with E-state index in [1.54, 1.807) is 12.3 Å². The Morgan fingerprint density at radius 2 is 1.97 bits per heavy atom. The molecule has 0 saturated carbocycles. The van der Waals surface area contributed by atoms with Crippen LogP contribution in [-0.2, 0) is 11.3 Å². The average Bonchev–Trinajstić information content (AvgIpc) is 3.06. The lowest BCUT2D eigenvalue weighted by Crippen LogP contribution is -2.42. The summed E-state index contributed by atoms with van der Waals surface area (Å²) in [4.78, 5) is 24.7. The standard InChI is InChI=1S/C22H29FN6O2/c1-22(2)15-31-21(30)29(22)19-7-8-25-20(27-19)26-18(13-23)17-5-3-16(4-6-17)14-28-11-9-24-10-12-28/h3-8,18,24H,9-15H2,1-2H3,(H,25,26,27)/t18-/m0/s1. The highest BCUT2D eigenvalue weighted by atomic mass is 19.1. The second-order valence-electron chi connectivity index (χ2n) is 8.56. The predicted octanol–water partition coefficient (Wildman–Crippen LogP) is 2.74. The maximum Gasteiger partial charge on any atom is 0.416 e. The van der Waals surface area contributed by atoms with Crippen LogP contribution in [0.5, 0.6) is 0 Å². The molecule has 0 bridgehead atoms. The molecule has 2 aliphatic heterocycles. The van der Waals surface area contributed by atoms with Gasteiger partial charge in [-0.1, -0.05) is 24.3 Å². The SMILES string of the molecule is CC1(C)COC(=O)N1c1ccnc(N[C@@H](CF)c2ccc(CN3CCNCC3)cc2)n1. The normalized spacial score (nSPS) is 19.8. The smallest absolute Gasteiger partial charge is 0.416 e. The van der Waals surface area contributed by atoms with Crippen LogP contribution in [0.15, 0.2) is 36.5 Å². The van der Waals surface area contributed by atoms with Crippen molar-refractivity contribution < 1.29 is 13.9 Å². The van der Waals surface area contributed by atoms with Crippen molar-refractivity contribution in [2.75, 3.05) is 49.7 Å². The number of nitrogens with one attached hydrogen (secondary N) is 2. The number of amides is 1. The van der Waals surface area contributed by atoms with Crippen LogP contribution in [-0.4, -0.2) is 66.0 Å². The van der Waals surface area contributed by atoms with Gasteiger partial charge in [0, 0.05) is 38.9 Å². The first kappa shape index (κ1) is 21.5. The maximum atomic E-state index is 13.9. The minimum atomic E-state index is -0.609. The number of benzene rings is 1. The van der Waals surface area contributed by atoms with Gasteiger partial charge in [-0.2, -0.15) is 4.98 Å². The Hall–Kier alpha value is -2.78. The Labute approximate surface area is 181 Å². The number of alkyl halides is 1. The van der Waals surface area contributed by atoms with Crippen LogP contribution in [0.4, 0.5) is 21.0 Å². The molecule has 3 heterocycles. The van der Waals surface area contributed by atoms with Crippen molar-refractivity contribution in [1.29, 1.82) is 0 Å². The van der Waals surface area contributed by atoms with Crippen molar-refractivity contribution in [2.45, 2.75) is 32.0 Å². The summed E-state index contributed by atoms with van der Waals surface area (Å²) in [5.41, 5.74) is 1.51. The van der Waals surface area contributed by atoms with Gasteiger partial charge in [0.15, 0.2) is 0 Å². The maximum absolute atomic E-state index is 13.9. The van der Waals surface area contributed by atoms with E-state index in [4.69, 9.17) is 4.74 Å². The molecule has 2 aliphatic rings. The van der Waals surface area contributed by atoms with E-state index >= 15 is 0 Å². The van der Waals surface area contributed by atoms with Crippen molar-refractivity contribution in [3.63, 3.8) is 0 Å². The third-order valence-electron chi connectivity index (χ3n) is 5.66. The van der Waals surface area contributed by atoms with Crippen molar-refractivity contribution >= 4 is 17.9 Å². The summed E-state index contributed by atoms with van der Waals surface area (Å²) in [7, 11) is 0. The first-order chi connectivity index (χ1) is 15.0. The van der Waals surface area contributed by atoms with Crippen LogP contribution in [0.25, 0.3) is 0 Å². The van der Waals surface area contributed by atoms with Crippen LogP contribution >= 0.6 is 0 Å². The summed E-state index contributed by atoms with van der Waals surface area (Å²) >= 11 is 0. The lowest BCUT2D eigenvalue weighted by molar-refractivity contribution is 0.175. The molecule has 8 nitrogen and oxygen atoms in total. The Kier molecular flexibility index (Phi) is 6.33. The lowest BCUT2D eigenvalue weighted by atomic mass is 10.1. The molecule has 1 aromatic heterocycles. The molecule has 166 valence electrons. The van der Waals surface area contributed by atoms with Crippen LogP contribution in [0.3, 0.4) is 0 Å². The van der Waals surface area contributed by atoms with Crippen molar-refractivity contribution in [3.8, 4) is 0 Å². The number of ether oxygens (including phenoxy) is 1. The molecule has 2 N–H and O–H groups in total. The van der Waals surface area contributed by atoms with E-state index in [2.05, 4.69) is 25.5 Å². The van der Waals surface area contributed by atoms with Gasteiger partial charge < -0.3 is 15.4 Å². The summed E-state index contributed by atoms with van der Waals surface area (Å²) in [5, 5.41) is 6.41. The van der Waals surface area contributed by atoms with Gasteiger partial charge in [-0.25, -0.2) is 14.2 Å². The summed E-state index contributed by atoms with van der Waals surface area (Å²) in [6.07, 6.45) is 1.11. The summed E-state index contributed by atoms with van der Waals surface area (Å²) in [6, 6.07) is 9.04. The van der Waals surface area contributed by atoms with E-state index in [0.29, 0.717) is 5.82 Å². The summed E-state index contributed by atoms with van der Waals surface area (Å²) in [6.45, 7) is 8.46.